The second-order valence-electron chi connectivity index (χ2n) is 5.77. The van der Waals surface area contributed by atoms with Gasteiger partial charge in [-0.15, -0.1) is 5.10 Å². The van der Waals surface area contributed by atoms with E-state index in [1.165, 1.54) is 6.20 Å². The average Bonchev–Trinajstić information content (AvgIpc) is 3.10. The molecule has 146 valence electrons. The van der Waals surface area contributed by atoms with Gasteiger partial charge in [0.25, 0.3) is 5.91 Å². The lowest BCUT2D eigenvalue weighted by atomic mass is 10.1. The minimum Gasteiger partial charge on any atom is -0.481 e. The third kappa shape index (κ3) is 6.35. The first-order chi connectivity index (χ1) is 12.8. The molecule has 0 bridgehead atoms. The van der Waals surface area contributed by atoms with Gasteiger partial charge in [0.2, 0.25) is 0 Å². The zero-order chi connectivity index (χ0) is 19.9. The van der Waals surface area contributed by atoms with E-state index in [2.05, 4.69) is 20.6 Å². The van der Waals surface area contributed by atoms with Gasteiger partial charge in [0, 0.05) is 19.2 Å². The number of carbonyl (C=O) groups excluding carboxylic acids is 1. The average molecular weight is 385 g/mol. The summed E-state index contributed by atoms with van der Waals surface area (Å²) in [5.74, 6) is -1.18. The maximum absolute atomic E-state index is 12.5. The molecule has 0 atom stereocenters. The summed E-state index contributed by atoms with van der Waals surface area (Å²) in [5.41, 5.74) is -0.865. The van der Waals surface area contributed by atoms with Gasteiger partial charge in [-0.2, -0.15) is 13.2 Å². The minimum absolute atomic E-state index is 0.0163. The topological polar surface area (TPSA) is 110 Å². The van der Waals surface area contributed by atoms with Crippen molar-refractivity contribution >= 4 is 11.9 Å². The van der Waals surface area contributed by atoms with Crippen LogP contribution < -0.4 is 5.32 Å². The van der Waals surface area contributed by atoms with E-state index in [0.29, 0.717) is 25.6 Å². The van der Waals surface area contributed by atoms with E-state index in [1.807, 2.05) is 0 Å². The number of nitrogens with zero attached hydrogens (tertiary/aromatic N) is 4. The first-order valence-corrected chi connectivity index (χ1v) is 8.23. The normalized spacial score (nSPS) is 11.4. The van der Waals surface area contributed by atoms with Crippen molar-refractivity contribution in [3.8, 4) is 5.82 Å². The lowest BCUT2D eigenvalue weighted by molar-refractivity contribution is -0.138. The fraction of sp³-hybridized carbons (Fsp3) is 0.438. The van der Waals surface area contributed by atoms with Gasteiger partial charge in [-0.3, -0.25) is 9.59 Å². The predicted molar refractivity (Wildman–Crippen MR) is 87.2 cm³/mol. The lowest BCUT2D eigenvalue weighted by Gasteiger charge is -2.06. The molecule has 2 aromatic rings. The van der Waals surface area contributed by atoms with Crippen LogP contribution in [0.25, 0.3) is 5.82 Å². The smallest absolute Gasteiger partial charge is 0.417 e. The number of pyridine rings is 1. The molecular weight excluding hydrogens is 367 g/mol. The summed E-state index contributed by atoms with van der Waals surface area (Å²) in [6.07, 6.45) is 0.449. The van der Waals surface area contributed by atoms with Crippen LogP contribution in [0.3, 0.4) is 0 Å². The third-order valence-corrected chi connectivity index (χ3v) is 3.64. The van der Waals surface area contributed by atoms with Crippen LogP contribution in [0, 0.1) is 0 Å². The van der Waals surface area contributed by atoms with Crippen LogP contribution in [0.5, 0.6) is 0 Å². The second-order valence-corrected chi connectivity index (χ2v) is 5.77. The summed E-state index contributed by atoms with van der Waals surface area (Å²) in [6, 6.07) is 2.00. The number of nitrogens with one attached hydrogen (secondary N) is 1. The molecule has 2 N–H and O–H groups in total. The fourth-order valence-corrected chi connectivity index (χ4v) is 2.22. The molecule has 0 aliphatic rings. The van der Waals surface area contributed by atoms with E-state index in [1.54, 1.807) is 0 Å². The standard InChI is InChI=1S/C16H18F3N5O3/c17-16(18,19)11-6-7-13(21-9-11)24-10-12(22-23-24)15(27)20-8-4-2-1-3-5-14(25)26/h6-7,9-10H,1-5,8H2,(H,20,27)(H,25,26). The number of rotatable bonds is 9. The number of aromatic nitrogens is 4. The highest BCUT2D eigenvalue weighted by Crippen LogP contribution is 2.28. The van der Waals surface area contributed by atoms with Gasteiger partial charge >= 0.3 is 12.1 Å². The van der Waals surface area contributed by atoms with Crippen LogP contribution in [-0.4, -0.2) is 43.5 Å². The Morgan fingerprint density at radius 3 is 2.52 bits per heavy atom. The molecule has 27 heavy (non-hydrogen) atoms. The third-order valence-electron chi connectivity index (χ3n) is 3.64. The molecule has 0 fully saturated rings. The maximum atomic E-state index is 12.5. The van der Waals surface area contributed by atoms with Crippen LogP contribution in [0.4, 0.5) is 13.2 Å². The summed E-state index contributed by atoms with van der Waals surface area (Å²) in [6.45, 7) is 0.400. The summed E-state index contributed by atoms with van der Waals surface area (Å²) < 4.78 is 38.7. The van der Waals surface area contributed by atoms with E-state index < -0.39 is 23.6 Å². The van der Waals surface area contributed by atoms with Crippen LogP contribution in [-0.2, 0) is 11.0 Å². The number of hydrogen-bond acceptors (Lipinski definition) is 5. The summed E-state index contributed by atoms with van der Waals surface area (Å²) >= 11 is 0. The molecule has 11 heteroatoms. The number of aliphatic carboxylic acids is 1. The van der Waals surface area contributed by atoms with Crippen molar-refractivity contribution in [1.82, 2.24) is 25.3 Å². The Kier molecular flexibility index (Phi) is 6.85. The quantitative estimate of drug-likeness (QED) is 0.642. The molecule has 0 aliphatic heterocycles. The first-order valence-electron chi connectivity index (χ1n) is 8.23. The Balaban J connectivity index is 1.81. The highest BCUT2D eigenvalue weighted by Gasteiger charge is 2.30. The largest absolute Gasteiger partial charge is 0.481 e. The number of amides is 1. The number of halogens is 3. The van der Waals surface area contributed by atoms with E-state index >= 15 is 0 Å². The molecule has 2 heterocycles. The Morgan fingerprint density at radius 2 is 1.89 bits per heavy atom. The van der Waals surface area contributed by atoms with Gasteiger partial charge in [0.1, 0.15) is 0 Å². The monoisotopic (exact) mass is 385 g/mol. The van der Waals surface area contributed by atoms with Gasteiger partial charge in [0.05, 0.1) is 11.8 Å². The molecule has 0 aliphatic carbocycles. The molecule has 0 radical (unpaired) electrons. The number of carboxylic acids is 1. The number of carbonyl (C=O) groups is 2. The van der Waals surface area contributed by atoms with E-state index in [4.69, 9.17) is 5.11 Å². The van der Waals surface area contributed by atoms with E-state index in [0.717, 1.165) is 29.7 Å². The van der Waals surface area contributed by atoms with E-state index in [-0.39, 0.29) is 17.9 Å². The first kappa shape index (κ1) is 20.3. The summed E-state index contributed by atoms with van der Waals surface area (Å²) in [4.78, 5) is 26.0. The van der Waals surface area contributed by atoms with Gasteiger partial charge < -0.3 is 10.4 Å². The van der Waals surface area contributed by atoms with Crippen molar-refractivity contribution in [1.29, 1.82) is 0 Å². The SMILES string of the molecule is O=C(O)CCCCCCNC(=O)c1cn(-c2ccc(C(F)(F)F)cn2)nn1. The van der Waals surface area contributed by atoms with Crippen LogP contribution >= 0.6 is 0 Å². The van der Waals surface area contributed by atoms with Crippen molar-refractivity contribution < 1.29 is 27.9 Å². The number of unbranched alkanes of at least 4 members (excludes halogenated alkanes) is 3. The van der Waals surface area contributed by atoms with Crippen LogP contribution in [0.1, 0.15) is 48.2 Å². The molecule has 0 aromatic carbocycles. The van der Waals surface area contributed by atoms with Gasteiger partial charge in [0.15, 0.2) is 11.5 Å². The Labute approximate surface area is 152 Å². The highest BCUT2D eigenvalue weighted by molar-refractivity contribution is 5.91. The maximum Gasteiger partial charge on any atom is 0.417 e. The molecule has 8 nitrogen and oxygen atoms in total. The van der Waals surface area contributed by atoms with Crippen molar-refractivity contribution in [3.05, 3.63) is 35.8 Å². The fourth-order valence-electron chi connectivity index (χ4n) is 2.22. The number of alkyl halides is 3. The van der Waals surface area contributed by atoms with Crippen molar-refractivity contribution in [2.24, 2.45) is 0 Å². The molecule has 0 spiro atoms. The lowest BCUT2D eigenvalue weighted by Crippen LogP contribution is -2.24. The number of hydrogen-bond donors (Lipinski definition) is 2. The zero-order valence-electron chi connectivity index (χ0n) is 14.2. The predicted octanol–water partition coefficient (Wildman–Crippen LogP) is 2.45. The van der Waals surface area contributed by atoms with Crippen molar-refractivity contribution in [2.75, 3.05) is 6.54 Å². The minimum atomic E-state index is -4.48. The second kappa shape index (κ2) is 9.10. The molecule has 0 unspecified atom stereocenters. The summed E-state index contributed by atoms with van der Waals surface area (Å²) in [5, 5.41) is 18.6. The molecule has 0 saturated carbocycles. The van der Waals surface area contributed by atoms with Gasteiger partial charge in [-0.1, -0.05) is 18.1 Å². The van der Waals surface area contributed by atoms with E-state index in [9.17, 15) is 22.8 Å². The molecular formula is C16H18F3N5O3. The van der Waals surface area contributed by atoms with Crippen molar-refractivity contribution in [3.63, 3.8) is 0 Å². The molecule has 2 rings (SSSR count). The van der Waals surface area contributed by atoms with Crippen LogP contribution in [0.2, 0.25) is 0 Å². The van der Waals surface area contributed by atoms with Crippen LogP contribution in [0.15, 0.2) is 24.5 Å². The van der Waals surface area contributed by atoms with Gasteiger partial charge in [-0.25, -0.2) is 9.67 Å². The molecule has 0 saturated heterocycles. The zero-order valence-corrected chi connectivity index (χ0v) is 14.2. The molecule has 2 aromatic heterocycles. The van der Waals surface area contributed by atoms with Gasteiger partial charge in [-0.05, 0) is 25.0 Å². The highest BCUT2D eigenvalue weighted by atomic mass is 19.4. The Hall–Kier alpha value is -2.98. The number of carboxylic acid groups (broad SMARTS) is 1. The molecule has 1 amide bonds. The Bertz CT molecular complexity index is 774. The van der Waals surface area contributed by atoms with Crippen molar-refractivity contribution in [2.45, 2.75) is 38.3 Å². The Morgan fingerprint density at radius 1 is 1.15 bits per heavy atom. The summed E-state index contributed by atoms with van der Waals surface area (Å²) in [7, 11) is 0.